The standard InChI is InChI=1S/C10H12N4O3/c11-9(15)7-4-2-6-13(7)10-8(14(16)17)3-1-5-12-10/h1,3,5,7H,2,4,6H2,(H2,11,15)/p+1/t7-/m1/s1. The molecule has 17 heavy (non-hydrogen) atoms. The van der Waals surface area contributed by atoms with E-state index in [0.717, 1.165) is 6.42 Å². The van der Waals surface area contributed by atoms with E-state index in [1.165, 1.54) is 6.07 Å². The van der Waals surface area contributed by atoms with E-state index in [4.69, 9.17) is 5.73 Å². The van der Waals surface area contributed by atoms with Crippen LogP contribution in [-0.4, -0.2) is 23.4 Å². The number of aromatic amines is 1. The molecule has 90 valence electrons. The zero-order valence-corrected chi connectivity index (χ0v) is 9.13. The number of aromatic nitrogens is 1. The summed E-state index contributed by atoms with van der Waals surface area (Å²) in [4.78, 5) is 26.2. The summed E-state index contributed by atoms with van der Waals surface area (Å²) >= 11 is 0. The summed E-state index contributed by atoms with van der Waals surface area (Å²) in [6.45, 7) is 0.592. The highest BCUT2D eigenvalue weighted by Crippen LogP contribution is 2.28. The lowest BCUT2D eigenvalue weighted by molar-refractivity contribution is -0.411. The number of hydrogen-bond donors (Lipinski definition) is 1. The lowest BCUT2D eigenvalue weighted by atomic mass is 10.2. The highest BCUT2D eigenvalue weighted by atomic mass is 16.6. The summed E-state index contributed by atoms with van der Waals surface area (Å²) in [5.41, 5.74) is 5.25. The first-order chi connectivity index (χ1) is 8.11. The largest absolute Gasteiger partial charge is 0.366 e. The zero-order valence-electron chi connectivity index (χ0n) is 9.13. The first kappa shape index (κ1) is 11.3. The highest BCUT2D eigenvalue weighted by Gasteiger charge is 2.40. The van der Waals surface area contributed by atoms with Crippen LogP contribution < -0.4 is 15.6 Å². The molecule has 0 spiro atoms. The van der Waals surface area contributed by atoms with Crippen LogP contribution in [0.3, 0.4) is 0 Å². The molecule has 3 N–H and O–H groups in total. The highest BCUT2D eigenvalue weighted by molar-refractivity contribution is 5.84. The number of H-pyrrole nitrogens is 1. The Balaban J connectivity index is 2.39. The minimum absolute atomic E-state index is 0.0411. The predicted octanol–water partition coefficient (Wildman–Crippen LogP) is -0.137. The molecule has 0 unspecified atom stereocenters. The van der Waals surface area contributed by atoms with E-state index in [9.17, 15) is 14.9 Å². The van der Waals surface area contributed by atoms with Crippen molar-refractivity contribution in [1.82, 2.24) is 0 Å². The summed E-state index contributed by atoms with van der Waals surface area (Å²) in [5.74, 6) is -0.104. The van der Waals surface area contributed by atoms with Crippen LogP contribution in [0.5, 0.6) is 0 Å². The van der Waals surface area contributed by atoms with Crippen LogP contribution in [0, 0.1) is 10.1 Å². The van der Waals surface area contributed by atoms with Gasteiger partial charge in [-0.15, -0.1) is 0 Å². The number of nitro groups is 1. The van der Waals surface area contributed by atoms with Gasteiger partial charge in [-0.3, -0.25) is 14.9 Å². The Hall–Kier alpha value is -2.18. The lowest BCUT2D eigenvalue weighted by Gasteiger charge is -2.15. The molecule has 1 fully saturated rings. The molecule has 7 nitrogen and oxygen atoms in total. The molecule has 0 saturated carbocycles. The number of amides is 1. The normalized spacial score (nSPS) is 19.3. The smallest absolute Gasteiger partial charge is 0.357 e. The fraction of sp³-hybridized carbons (Fsp3) is 0.400. The van der Waals surface area contributed by atoms with E-state index in [2.05, 4.69) is 4.98 Å². The Morgan fingerprint density at radius 1 is 1.65 bits per heavy atom. The summed E-state index contributed by atoms with van der Waals surface area (Å²) in [6, 6.07) is 2.49. The zero-order chi connectivity index (χ0) is 12.4. The van der Waals surface area contributed by atoms with E-state index in [-0.39, 0.29) is 5.69 Å². The fourth-order valence-corrected chi connectivity index (χ4v) is 2.13. The maximum absolute atomic E-state index is 11.3. The predicted molar refractivity (Wildman–Crippen MR) is 59.2 cm³/mol. The van der Waals surface area contributed by atoms with E-state index in [1.54, 1.807) is 17.2 Å². The number of primary amides is 1. The van der Waals surface area contributed by atoms with Gasteiger partial charge in [0.2, 0.25) is 0 Å². The van der Waals surface area contributed by atoms with Gasteiger partial charge in [0.15, 0.2) is 6.04 Å². The Kier molecular flexibility index (Phi) is 2.90. The Morgan fingerprint density at radius 3 is 3.06 bits per heavy atom. The van der Waals surface area contributed by atoms with Crippen molar-refractivity contribution >= 4 is 17.4 Å². The molecule has 0 aliphatic carbocycles. The van der Waals surface area contributed by atoms with Crippen molar-refractivity contribution in [3.8, 4) is 0 Å². The average molecular weight is 237 g/mol. The maximum Gasteiger partial charge on any atom is 0.357 e. The number of nitrogens with zero attached hydrogens (tertiary/aromatic N) is 2. The van der Waals surface area contributed by atoms with Gasteiger partial charge in [-0.05, 0) is 12.5 Å². The second kappa shape index (κ2) is 4.36. The molecule has 1 amide bonds. The van der Waals surface area contributed by atoms with Gasteiger partial charge in [0.05, 0.1) is 17.7 Å². The number of rotatable bonds is 3. The molecule has 1 aliphatic heterocycles. The van der Waals surface area contributed by atoms with Crippen LogP contribution in [0.2, 0.25) is 0 Å². The number of carbonyl (C=O) groups is 1. The second-order valence-electron chi connectivity index (χ2n) is 3.91. The molecule has 7 heteroatoms. The van der Waals surface area contributed by atoms with Crippen LogP contribution in [0.4, 0.5) is 11.5 Å². The van der Waals surface area contributed by atoms with Crippen molar-refractivity contribution in [2.24, 2.45) is 5.73 Å². The number of nitrogens with one attached hydrogen (secondary N) is 1. The number of pyridine rings is 1. The van der Waals surface area contributed by atoms with Gasteiger partial charge < -0.3 is 5.73 Å². The maximum atomic E-state index is 11.3. The molecule has 0 aromatic carbocycles. The minimum Gasteiger partial charge on any atom is -0.366 e. The first-order valence-corrected chi connectivity index (χ1v) is 5.32. The quantitative estimate of drug-likeness (QED) is 0.583. The van der Waals surface area contributed by atoms with Gasteiger partial charge in [-0.25, -0.2) is 9.88 Å². The van der Waals surface area contributed by atoms with Crippen LogP contribution in [-0.2, 0) is 4.79 Å². The van der Waals surface area contributed by atoms with Crippen molar-refractivity contribution in [1.29, 1.82) is 0 Å². The molecular formula is C10H13N4O3+. The molecule has 0 bridgehead atoms. The molecule has 1 aliphatic rings. The number of anilines is 1. The number of carbonyl (C=O) groups excluding carboxylic acids is 1. The lowest BCUT2D eigenvalue weighted by Crippen LogP contribution is -2.42. The van der Waals surface area contributed by atoms with Crippen molar-refractivity contribution in [2.75, 3.05) is 11.4 Å². The summed E-state index contributed by atoms with van der Waals surface area (Å²) < 4.78 is 0. The first-order valence-electron chi connectivity index (χ1n) is 5.32. The third kappa shape index (κ3) is 2.03. The van der Waals surface area contributed by atoms with Crippen LogP contribution >= 0.6 is 0 Å². The average Bonchev–Trinajstić information content (AvgIpc) is 2.77. The number of nitrogens with two attached hydrogens (primary N) is 1. The molecule has 0 radical (unpaired) electrons. The van der Waals surface area contributed by atoms with Gasteiger partial charge in [-0.2, -0.15) is 0 Å². The Morgan fingerprint density at radius 2 is 2.41 bits per heavy atom. The van der Waals surface area contributed by atoms with E-state index >= 15 is 0 Å². The van der Waals surface area contributed by atoms with E-state index in [1.807, 2.05) is 0 Å². The molecule has 2 heterocycles. The SMILES string of the molecule is NC(=O)[C@H]1CCCN1c1[nH+]cccc1[N+](=O)[O-]. The third-order valence-electron chi connectivity index (χ3n) is 2.88. The van der Waals surface area contributed by atoms with Crippen LogP contribution in [0.15, 0.2) is 18.3 Å². The minimum atomic E-state index is -0.470. The monoisotopic (exact) mass is 237 g/mol. The topological polar surface area (TPSA) is 104 Å². The third-order valence-corrected chi connectivity index (χ3v) is 2.88. The Labute approximate surface area is 97.4 Å². The molecule has 1 aromatic rings. The Bertz CT molecular complexity index is 463. The second-order valence-corrected chi connectivity index (χ2v) is 3.91. The molecule has 1 atom stereocenters. The summed E-state index contributed by atoms with van der Waals surface area (Å²) in [5, 5.41) is 10.9. The van der Waals surface area contributed by atoms with Crippen molar-refractivity contribution in [2.45, 2.75) is 18.9 Å². The number of hydrogen-bond acceptors (Lipinski definition) is 4. The van der Waals surface area contributed by atoms with Crippen molar-refractivity contribution in [3.05, 3.63) is 28.4 Å². The fourth-order valence-electron chi connectivity index (χ4n) is 2.13. The van der Waals surface area contributed by atoms with Gasteiger partial charge in [0.25, 0.3) is 5.91 Å². The van der Waals surface area contributed by atoms with Crippen molar-refractivity contribution in [3.63, 3.8) is 0 Å². The summed E-state index contributed by atoms with van der Waals surface area (Å²) in [7, 11) is 0. The van der Waals surface area contributed by atoms with Gasteiger partial charge >= 0.3 is 11.5 Å². The molecule has 2 rings (SSSR count). The van der Waals surface area contributed by atoms with E-state index < -0.39 is 16.9 Å². The van der Waals surface area contributed by atoms with Gasteiger partial charge in [-0.1, -0.05) is 0 Å². The molecular weight excluding hydrogens is 224 g/mol. The summed E-state index contributed by atoms with van der Waals surface area (Å²) in [6.07, 6.45) is 3.03. The van der Waals surface area contributed by atoms with Crippen LogP contribution in [0.25, 0.3) is 0 Å². The van der Waals surface area contributed by atoms with E-state index in [0.29, 0.717) is 18.8 Å². The molecule has 1 saturated heterocycles. The van der Waals surface area contributed by atoms with Gasteiger partial charge in [0, 0.05) is 12.5 Å². The molecule has 1 aromatic heterocycles. The van der Waals surface area contributed by atoms with Gasteiger partial charge in [0.1, 0.15) is 0 Å². The van der Waals surface area contributed by atoms with Crippen LogP contribution in [0.1, 0.15) is 12.8 Å². The van der Waals surface area contributed by atoms with Crippen molar-refractivity contribution < 1.29 is 14.7 Å².